The Morgan fingerprint density at radius 3 is 2.81 bits per heavy atom. The van der Waals surface area contributed by atoms with Crippen molar-refractivity contribution >= 4 is 34.1 Å². The summed E-state index contributed by atoms with van der Waals surface area (Å²) in [5, 5.41) is 22.8. The van der Waals surface area contributed by atoms with Crippen molar-refractivity contribution in [2.75, 3.05) is 12.4 Å². The summed E-state index contributed by atoms with van der Waals surface area (Å²) < 4.78 is 5.94. The zero-order valence-electron chi connectivity index (χ0n) is 10.7. The first-order chi connectivity index (χ1) is 10.0. The molecular weight excluding hydrogens is 389 g/mol. The number of hydrogen-bond acceptors (Lipinski definition) is 7. The molecule has 0 saturated carbocycles. The maximum atomic E-state index is 11.1. The van der Waals surface area contributed by atoms with E-state index in [1.807, 2.05) is 28.7 Å². The summed E-state index contributed by atoms with van der Waals surface area (Å²) in [7, 11) is 1.68. The van der Waals surface area contributed by atoms with E-state index in [0.717, 1.165) is 6.07 Å². The van der Waals surface area contributed by atoms with E-state index in [4.69, 9.17) is 10.00 Å². The zero-order valence-corrected chi connectivity index (χ0v) is 12.9. The Balaban J connectivity index is 2.48. The molecular formula is C12H8IN5O3. The minimum Gasteiger partial charge on any atom is -0.430 e. The van der Waals surface area contributed by atoms with E-state index in [1.54, 1.807) is 7.05 Å². The Bertz CT molecular complexity index is 744. The van der Waals surface area contributed by atoms with E-state index in [0.29, 0.717) is 9.39 Å². The van der Waals surface area contributed by atoms with Crippen LogP contribution in [0.2, 0.25) is 0 Å². The Labute approximate surface area is 133 Å². The molecule has 8 nitrogen and oxygen atoms in total. The lowest BCUT2D eigenvalue weighted by Crippen LogP contribution is -1.99. The fourth-order valence-electron chi connectivity index (χ4n) is 1.52. The molecule has 1 aromatic carbocycles. The number of halogens is 1. The second-order valence-electron chi connectivity index (χ2n) is 3.77. The summed E-state index contributed by atoms with van der Waals surface area (Å²) in [5.41, 5.74) is -0.0971. The molecule has 21 heavy (non-hydrogen) atoms. The number of nitrogens with zero attached hydrogens (tertiary/aromatic N) is 4. The number of nitriles is 1. The average molecular weight is 397 g/mol. The third-order valence-corrected chi connectivity index (χ3v) is 3.26. The standard InChI is InChI=1S/C12H8IN5O3/c1-15-10-4-11(17-6-16-10)21-12-8(13)2-7(5-14)3-9(12)18(19)20/h2-4,6H,1H3,(H,15,16,17). The van der Waals surface area contributed by atoms with Crippen LogP contribution in [0.3, 0.4) is 0 Å². The van der Waals surface area contributed by atoms with Crippen LogP contribution in [0.15, 0.2) is 24.5 Å². The number of aromatic nitrogens is 2. The highest BCUT2D eigenvalue weighted by Gasteiger charge is 2.21. The van der Waals surface area contributed by atoms with Gasteiger partial charge < -0.3 is 10.1 Å². The topological polar surface area (TPSA) is 114 Å². The van der Waals surface area contributed by atoms with Crippen molar-refractivity contribution in [3.63, 3.8) is 0 Å². The molecule has 0 aliphatic carbocycles. The number of rotatable bonds is 4. The maximum Gasteiger partial charge on any atom is 0.314 e. The average Bonchev–Trinajstić information content (AvgIpc) is 2.49. The predicted octanol–water partition coefficient (Wildman–Crippen LogP) is 2.70. The van der Waals surface area contributed by atoms with Crippen molar-refractivity contribution in [3.8, 4) is 17.7 Å². The molecule has 0 aliphatic heterocycles. The summed E-state index contributed by atoms with van der Waals surface area (Å²) in [5.74, 6) is 0.728. The summed E-state index contributed by atoms with van der Waals surface area (Å²) in [4.78, 5) is 18.4. The van der Waals surface area contributed by atoms with Gasteiger partial charge in [0.15, 0.2) is 0 Å². The van der Waals surface area contributed by atoms with Crippen molar-refractivity contribution in [2.24, 2.45) is 0 Å². The van der Waals surface area contributed by atoms with Gasteiger partial charge in [0, 0.05) is 19.2 Å². The molecule has 0 aliphatic rings. The summed E-state index contributed by atoms with van der Waals surface area (Å²) >= 11 is 1.87. The molecule has 0 amide bonds. The van der Waals surface area contributed by atoms with E-state index in [-0.39, 0.29) is 22.9 Å². The molecule has 0 saturated heterocycles. The van der Waals surface area contributed by atoms with Crippen molar-refractivity contribution in [2.45, 2.75) is 0 Å². The van der Waals surface area contributed by atoms with Gasteiger partial charge in [-0.05, 0) is 28.7 Å². The van der Waals surface area contributed by atoms with Crippen molar-refractivity contribution in [3.05, 3.63) is 43.8 Å². The lowest BCUT2D eigenvalue weighted by atomic mass is 10.2. The SMILES string of the molecule is CNc1cc(Oc2c(I)cc(C#N)cc2[N+](=O)[O-])ncn1. The van der Waals surface area contributed by atoms with Crippen LogP contribution in [0.4, 0.5) is 11.5 Å². The highest BCUT2D eigenvalue weighted by Crippen LogP contribution is 2.36. The maximum absolute atomic E-state index is 11.1. The highest BCUT2D eigenvalue weighted by molar-refractivity contribution is 14.1. The second kappa shape index (κ2) is 6.31. The Morgan fingerprint density at radius 2 is 2.19 bits per heavy atom. The predicted molar refractivity (Wildman–Crippen MR) is 82.2 cm³/mol. The van der Waals surface area contributed by atoms with Crippen molar-refractivity contribution in [1.82, 2.24) is 9.97 Å². The summed E-state index contributed by atoms with van der Waals surface area (Å²) in [6.45, 7) is 0. The third-order valence-electron chi connectivity index (χ3n) is 2.45. The molecule has 0 radical (unpaired) electrons. The first kappa shape index (κ1) is 14.9. The van der Waals surface area contributed by atoms with E-state index in [9.17, 15) is 10.1 Å². The lowest BCUT2D eigenvalue weighted by molar-refractivity contribution is -0.385. The van der Waals surface area contributed by atoms with Gasteiger partial charge in [-0.25, -0.2) is 9.97 Å². The Kier molecular flexibility index (Phi) is 4.49. The Hall–Kier alpha value is -2.48. The first-order valence-corrected chi connectivity index (χ1v) is 6.68. The molecule has 9 heteroatoms. The van der Waals surface area contributed by atoms with E-state index in [1.165, 1.54) is 18.5 Å². The number of nitro groups is 1. The van der Waals surface area contributed by atoms with Crippen molar-refractivity contribution < 1.29 is 9.66 Å². The van der Waals surface area contributed by atoms with Crippen LogP contribution in [-0.4, -0.2) is 21.9 Å². The molecule has 1 N–H and O–H groups in total. The normalized spacial score (nSPS) is 9.76. The molecule has 0 bridgehead atoms. The third kappa shape index (κ3) is 3.34. The van der Waals surface area contributed by atoms with Crippen LogP contribution in [0, 0.1) is 25.0 Å². The van der Waals surface area contributed by atoms with Crippen LogP contribution < -0.4 is 10.1 Å². The summed E-state index contributed by atoms with van der Waals surface area (Å²) in [6, 6.07) is 6.05. The van der Waals surface area contributed by atoms with E-state index < -0.39 is 4.92 Å². The lowest BCUT2D eigenvalue weighted by Gasteiger charge is -2.08. The first-order valence-electron chi connectivity index (χ1n) is 5.61. The molecule has 0 unspecified atom stereocenters. The number of ether oxygens (including phenoxy) is 1. The number of hydrogen-bond donors (Lipinski definition) is 1. The van der Waals surface area contributed by atoms with Crippen molar-refractivity contribution in [1.29, 1.82) is 5.26 Å². The van der Waals surface area contributed by atoms with Crippen LogP contribution in [0.5, 0.6) is 11.6 Å². The molecule has 0 spiro atoms. The van der Waals surface area contributed by atoms with Crippen LogP contribution >= 0.6 is 22.6 Å². The smallest absolute Gasteiger partial charge is 0.314 e. The van der Waals surface area contributed by atoms with Crippen LogP contribution in [-0.2, 0) is 0 Å². The number of nitrogens with one attached hydrogen (secondary N) is 1. The van der Waals surface area contributed by atoms with Gasteiger partial charge in [0.2, 0.25) is 11.6 Å². The molecule has 0 fully saturated rings. The fraction of sp³-hybridized carbons (Fsp3) is 0.0833. The highest BCUT2D eigenvalue weighted by atomic mass is 127. The number of nitro benzene ring substituents is 1. The molecule has 1 heterocycles. The molecule has 106 valence electrons. The van der Waals surface area contributed by atoms with Gasteiger partial charge in [-0.2, -0.15) is 5.26 Å². The number of benzene rings is 1. The van der Waals surface area contributed by atoms with Gasteiger partial charge in [-0.15, -0.1) is 0 Å². The molecule has 0 atom stereocenters. The van der Waals surface area contributed by atoms with Gasteiger partial charge in [-0.3, -0.25) is 10.1 Å². The Morgan fingerprint density at radius 1 is 1.43 bits per heavy atom. The van der Waals surface area contributed by atoms with Gasteiger partial charge >= 0.3 is 5.69 Å². The quantitative estimate of drug-likeness (QED) is 0.479. The summed E-state index contributed by atoms with van der Waals surface area (Å²) in [6.07, 6.45) is 1.28. The minimum atomic E-state index is -0.599. The molecule has 2 aromatic rings. The monoisotopic (exact) mass is 397 g/mol. The number of anilines is 1. The van der Waals surface area contributed by atoms with E-state index in [2.05, 4.69) is 15.3 Å². The van der Waals surface area contributed by atoms with Gasteiger partial charge in [0.25, 0.3) is 0 Å². The van der Waals surface area contributed by atoms with E-state index >= 15 is 0 Å². The van der Waals surface area contributed by atoms with Crippen LogP contribution in [0.1, 0.15) is 5.56 Å². The minimum absolute atomic E-state index is 0.0420. The van der Waals surface area contributed by atoms with Gasteiger partial charge in [0.1, 0.15) is 12.1 Å². The second-order valence-corrected chi connectivity index (χ2v) is 4.93. The largest absolute Gasteiger partial charge is 0.430 e. The van der Waals surface area contributed by atoms with Crippen LogP contribution in [0.25, 0.3) is 0 Å². The van der Waals surface area contributed by atoms with Gasteiger partial charge in [-0.1, -0.05) is 0 Å². The molecule has 2 rings (SSSR count). The van der Waals surface area contributed by atoms with Gasteiger partial charge in [0.05, 0.1) is 20.1 Å². The zero-order chi connectivity index (χ0) is 15.4. The fourth-order valence-corrected chi connectivity index (χ4v) is 2.24. The molecule has 1 aromatic heterocycles.